The van der Waals surface area contributed by atoms with Crippen molar-refractivity contribution in [2.24, 2.45) is 5.73 Å². The Bertz CT molecular complexity index is 1780. The quantitative estimate of drug-likeness (QED) is 0.111. The molecule has 0 saturated heterocycles. The fourth-order valence-electron chi connectivity index (χ4n) is 5.64. The molecule has 0 aromatic heterocycles. The first kappa shape index (κ1) is 37.9. The Kier molecular flexibility index (Phi) is 14.5. The zero-order valence-corrected chi connectivity index (χ0v) is 30.3. The predicted octanol–water partition coefficient (Wildman–Crippen LogP) is 6.32. The molecule has 260 valence electrons. The van der Waals surface area contributed by atoms with Crippen LogP contribution in [-0.4, -0.2) is 56.3 Å². The van der Waals surface area contributed by atoms with Gasteiger partial charge in [0.2, 0.25) is 0 Å². The van der Waals surface area contributed by atoms with E-state index in [1.165, 1.54) is 29.5 Å². The van der Waals surface area contributed by atoms with Crippen LogP contribution in [0.25, 0.3) is 11.1 Å². The zero-order chi connectivity index (χ0) is 35.2. The number of nitrogens with two attached hydrogens (primary N) is 1. The Morgan fingerprint density at radius 2 is 1.55 bits per heavy atom. The summed E-state index contributed by atoms with van der Waals surface area (Å²) in [4.78, 5) is 29.8. The molecule has 1 unspecified atom stereocenters. The molecule has 10 heteroatoms. The summed E-state index contributed by atoms with van der Waals surface area (Å²) in [6.45, 7) is 7.09. The molecule has 4 N–H and O–H groups in total. The van der Waals surface area contributed by atoms with Crippen LogP contribution in [0.2, 0.25) is 0 Å². The Balaban J connectivity index is 1.60. The minimum atomic E-state index is -4.16. The topological polar surface area (TPSA) is 122 Å². The molecule has 49 heavy (non-hydrogen) atoms. The highest BCUT2D eigenvalue weighted by atomic mass is 32.2. The van der Waals surface area contributed by atoms with Gasteiger partial charge in [-0.1, -0.05) is 86.1 Å². The fourth-order valence-corrected chi connectivity index (χ4v) is 7.13. The summed E-state index contributed by atoms with van der Waals surface area (Å²) in [6, 6.07) is 29.2. The molecule has 0 fully saturated rings. The van der Waals surface area contributed by atoms with Gasteiger partial charge < -0.3 is 11.1 Å². The predicted molar refractivity (Wildman–Crippen MR) is 201 cm³/mol. The normalized spacial score (nSPS) is 12.1. The first-order valence-corrected chi connectivity index (χ1v) is 19.6. The van der Waals surface area contributed by atoms with Gasteiger partial charge in [0.25, 0.3) is 21.8 Å². The van der Waals surface area contributed by atoms with Gasteiger partial charge in [-0.15, -0.1) is 0 Å². The van der Waals surface area contributed by atoms with Gasteiger partial charge in [-0.25, -0.2) is 13.1 Å². The van der Waals surface area contributed by atoms with E-state index in [1.54, 1.807) is 12.1 Å². The molecule has 4 aromatic carbocycles. The Hall–Kier alpha value is -3.96. The Labute approximate surface area is 295 Å². The van der Waals surface area contributed by atoms with Crippen molar-refractivity contribution in [1.82, 2.24) is 14.9 Å². The number of hydrogen-bond acceptors (Lipinski definition) is 7. The summed E-state index contributed by atoms with van der Waals surface area (Å²) >= 11 is 1.51. The molecule has 1 atom stereocenters. The van der Waals surface area contributed by atoms with Crippen LogP contribution in [0.1, 0.15) is 58.8 Å². The molecule has 4 rings (SSSR count). The Morgan fingerprint density at radius 1 is 0.857 bits per heavy atom. The molecule has 0 saturated carbocycles. The van der Waals surface area contributed by atoms with Gasteiger partial charge in [0.1, 0.15) is 6.04 Å². The maximum absolute atomic E-state index is 14.0. The summed E-state index contributed by atoms with van der Waals surface area (Å²) < 4.78 is 28.3. The lowest BCUT2D eigenvalue weighted by Gasteiger charge is -2.24. The molecule has 0 spiro atoms. The molecule has 0 radical (unpaired) electrons. The number of nitrogens with zero attached hydrogens (tertiary/aromatic N) is 1. The van der Waals surface area contributed by atoms with E-state index in [2.05, 4.69) is 52.2 Å². The highest BCUT2D eigenvalue weighted by Crippen LogP contribution is 2.29. The number of amides is 2. The average molecular weight is 701 g/mol. The van der Waals surface area contributed by atoms with Crippen molar-refractivity contribution in [3.05, 3.63) is 125 Å². The van der Waals surface area contributed by atoms with Gasteiger partial charge in [0.05, 0.1) is 4.90 Å². The van der Waals surface area contributed by atoms with Gasteiger partial charge in [-0.05, 0) is 102 Å². The van der Waals surface area contributed by atoms with Gasteiger partial charge in [0.15, 0.2) is 0 Å². The molecule has 0 aliphatic heterocycles. The van der Waals surface area contributed by atoms with Crippen molar-refractivity contribution in [3.63, 3.8) is 0 Å². The molecule has 0 aliphatic carbocycles. The number of sulfonamides is 1. The van der Waals surface area contributed by atoms with E-state index in [0.29, 0.717) is 11.3 Å². The number of hydrogen-bond donors (Lipinski definition) is 3. The lowest BCUT2D eigenvalue weighted by molar-refractivity contribution is -0.121. The maximum Gasteiger partial charge on any atom is 0.264 e. The summed E-state index contributed by atoms with van der Waals surface area (Å²) in [7, 11) is -4.16. The monoisotopic (exact) mass is 700 g/mol. The molecule has 2 amide bonds. The third-order valence-electron chi connectivity index (χ3n) is 8.49. The number of nitrogens with one attached hydrogen (secondary N) is 2. The van der Waals surface area contributed by atoms with Gasteiger partial charge in [-0.3, -0.25) is 14.5 Å². The van der Waals surface area contributed by atoms with E-state index in [0.717, 1.165) is 66.7 Å². The van der Waals surface area contributed by atoms with E-state index in [9.17, 15) is 18.0 Å². The zero-order valence-electron chi connectivity index (χ0n) is 28.7. The number of rotatable bonds is 18. The van der Waals surface area contributed by atoms with Crippen LogP contribution < -0.4 is 15.8 Å². The third kappa shape index (κ3) is 11.0. The van der Waals surface area contributed by atoms with E-state index >= 15 is 0 Å². The molecule has 0 heterocycles. The van der Waals surface area contributed by atoms with Gasteiger partial charge >= 0.3 is 0 Å². The van der Waals surface area contributed by atoms with Crippen molar-refractivity contribution in [2.75, 3.05) is 25.1 Å². The molecular weight excluding hydrogens is 653 g/mol. The second-order valence-corrected chi connectivity index (χ2v) is 14.9. The number of aryl methyl sites for hydroxylation is 1. The fraction of sp³-hybridized carbons (Fsp3) is 0.333. The van der Waals surface area contributed by atoms with E-state index in [4.69, 9.17) is 5.73 Å². The first-order chi connectivity index (χ1) is 23.6. The van der Waals surface area contributed by atoms with E-state index < -0.39 is 27.9 Å². The summed E-state index contributed by atoms with van der Waals surface area (Å²) in [5.41, 5.74) is 11.9. The minimum absolute atomic E-state index is 0.0535. The molecule has 0 bridgehead atoms. The number of unbranched alkanes of at least 4 members (excludes halogenated alkanes) is 1. The molecular formula is C39H48N4O4S2. The van der Waals surface area contributed by atoms with Crippen LogP contribution in [0.4, 0.5) is 0 Å². The second kappa shape index (κ2) is 18.7. The van der Waals surface area contributed by atoms with Crippen LogP contribution in [0.3, 0.4) is 0 Å². The lowest BCUT2D eigenvalue weighted by Crippen LogP contribution is -2.48. The van der Waals surface area contributed by atoms with E-state index in [-0.39, 0.29) is 17.9 Å². The van der Waals surface area contributed by atoms with Crippen LogP contribution in [-0.2, 0) is 34.3 Å². The smallest absolute Gasteiger partial charge is 0.264 e. The molecule has 8 nitrogen and oxygen atoms in total. The van der Waals surface area contributed by atoms with Crippen molar-refractivity contribution in [3.8, 4) is 11.1 Å². The standard InChI is InChI=1S/C39H48N4O4S2/c1-4-5-23-43(24-21-30-12-7-6-8-13-30)28-32-17-20-35(36(26-32)34-14-10-9-11-29(34)2)38(44)41-37(22-25-48-3)39(45)42-49(46,47)33-18-15-31(27-40)16-19-33/h6-20,26,37H,4-5,21-25,27-28,40H2,1-3H3,(H,41,44)(H,42,45). The molecule has 0 aliphatic rings. The number of thioether (sulfide) groups is 1. The second-order valence-electron chi connectivity index (χ2n) is 12.2. The SMILES string of the molecule is CCCCN(CCc1ccccc1)Cc1ccc(C(=O)NC(CCSC)C(=O)NS(=O)(=O)c2ccc(CN)cc2)c(-c2ccccc2C)c1. The van der Waals surface area contributed by atoms with Gasteiger partial charge in [0, 0.05) is 25.2 Å². The van der Waals surface area contributed by atoms with Crippen LogP contribution in [0, 0.1) is 6.92 Å². The van der Waals surface area contributed by atoms with Crippen LogP contribution in [0.15, 0.2) is 102 Å². The van der Waals surface area contributed by atoms with Gasteiger partial charge in [-0.2, -0.15) is 11.8 Å². The first-order valence-electron chi connectivity index (χ1n) is 16.8. The van der Waals surface area contributed by atoms with E-state index in [1.807, 2.05) is 55.6 Å². The number of benzene rings is 4. The Morgan fingerprint density at radius 3 is 2.22 bits per heavy atom. The summed E-state index contributed by atoms with van der Waals surface area (Å²) in [5.74, 6) is -0.684. The van der Waals surface area contributed by atoms with Crippen LogP contribution in [0.5, 0.6) is 0 Å². The number of carbonyl (C=O) groups excluding carboxylic acids is 2. The maximum atomic E-state index is 14.0. The lowest BCUT2D eigenvalue weighted by atomic mass is 9.93. The summed E-state index contributed by atoms with van der Waals surface area (Å²) in [5, 5.41) is 2.86. The highest BCUT2D eigenvalue weighted by Gasteiger charge is 2.27. The highest BCUT2D eigenvalue weighted by molar-refractivity contribution is 7.98. The van der Waals surface area contributed by atoms with Crippen molar-refractivity contribution in [2.45, 2.75) is 63.6 Å². The third-order valence-corrected chi connectivity index (χ3v) is 10.5. The van der Waals surface area contributed by atoms with Crippen LogP contribution >= 0.6 is 11.8 Å². The molecule has 4 aromatic rings. The largest absolute Gasteiger partial charge is 0.340 e. The van der Waals surface area contributed by atoms with Crippen molar-refractivity contribution < 1.29 is 18.0 Å². The summed E-state index contributed by atoms with van der Waals surface area (Å²) in [6.07, 6.45) is 5.29. The minimum Gasteiger partial charge on any atom is -0.340 e. The average Bonchev–Trinajstić information content (AvgIpc) is 3.11. The van der Waals surface area contributed by atoms with Crippen molar-refractivity contribution >= 4 is 33.6 Å². The number of carbonyl (C=O) groups is 2. The van der Waals surface area contributed by atoms with Crippen molar-refractivity contribution in [1.29, 1.82) is 0 Å².